The first-order valence-electron chi connectivity index (χ1n) is 14.6. The number of aliphatic carboxylic acids is 1. The van der Waals surface area contributed by atoms with Gasteiger partial charge in [-0.25, -0.2) is 0 Å². The Balaban J connectivity index is 1.65. The van der Waals surface area contributed by atoms with Gasteiger partial charge in [-0.1, -0.05) is 47.1 Å². The second kappa shape index (κ2) is 7.79. The molecule has 0 unspecified atom stereocenters. The summed E-state index contributed by atoms with van der Waals surface area (Å²) in [5, 5.41) is 10.5. The molecule has 4 fully saturated rings. The summed E-state index contributed by atoms with van der Waals surface area (Å²) in [6.07, 6.45) is 9.87. The van der Waals surface area contributed by atoms with E-state index in [2.05, 4.69) is 47.6 Å². The van der Waals surface area contributed by atoms with Gasteiger partial charge < -0.3 is 5.11 Å². The molecule has 4 saturated carbocycles. The second-order valence-corrected chi connectivity index (χ2v) is 15.1. The van der Waals surface area contributed by atoms with Crippen molar-refractivity contribution in [3.8, 4) is 0 Å². The molecular weight excluding hydrogens is 448 g/mol. The lowest BCUT2D eigenvalue weighted by Crippen LogP contribution is -2.67. The van der Waals surface area contributed by atoms with Crippen LogP contribution in [0, 0.1) is 62.6 Å². The van der Waals surface area contributed by atoms with Gasteiger partial charge in [-0.05, 0) is 117 Å². The molecule has 0 aromatic rings. The Morgan fingerprint density at radius 2 is 1.58 bits per heavy atom. The highest BCUT2D eigenvalue weighted by molar-refractivity contribution is 5.96. The molecule has 1 N–H and O–H groups in total. The van der Waals surface area contributed by atoms with Crippen LogP contribution in [-0.2, 0) is 14.4 Å². The molecule has 0 radical (unpaired) electrons. The van der Waals surface area contributed by atoms with Crippen LogP contribution in [0.2, 0.25) is 0 Å². The van der Waals surface area contributed by atoms with E-state index in [1.165, 1.54) is 24.8 Å². The molecule has 0 bridgehead atoms. The van der Waals surface area contributed by atoms with Crippen LogP contribution in [0.25, 0.3) is 0 Å². The second-order valence-electron chi connectivity index (χ2n) is 15.1. The van der Waals surface area contributed by atoms with E-state index >= 15 is 0 Å². The lowest BCUT2D eigenvalue weighted by molar-refractivity contribution is -0.206. The molecule has 0 spiro atoms. The summed E-state index contributed by atoms with van der Waals surface area (Å²) in [5.74, 6) is 0.188. The van der Waals surface area contributed by atoms with Crippen molar-refractivity contribution in [3.05, 3.63) is 11.6 Å². The smallest absolute Gasteiger partial charge is 0.310 e. The average Bonchev–Trinajstić information content (AvgIpc) is 2.77. The first-order valence-corrected chi connectivity index (χ1v) is 14.6. The first-order chi connectivity index (χ1) is 16.6. The van der Waals surface area contributed by atoms with Gasteiger partial charge in [0.1, 0.15) is 5.78 Å². The SMILES string of the molecule is CC(=O)[C@@H]1CC[C@@]2(C)[C@@H](CC[C@]3(C)[C@@H]2C(=O)C=C2[C@H]4[C@@H](C)[C@H](C)CC[C@]4(C)CC[C@]23C)[C@@]1(C)C(=O)O. The zero-order valence-electron chi connectivity index (χ0n) is 23.9. The molecular formula is C32H48O4. The van der Waals surface area contributed by atoms with Gasteiger partial charge in [0.15, 0.2) is 5.78 Å². The monoisotopic (exact) mass is 496 g/mol. The number of carbonyl (C=O) groups is 3. The molecule has 5 rings (SSSR count). The number of allylic oxidation sites excluding steroid dienone is 2. The molecule has 11 atom stereocenters. The summed E-state index contributed by atoms with van der Waals surface area (Å²) >= 11 is 0. The molecule has 5 aliphatic carbocycles. The first kappa shape index (κ1) is 26.2. The molecule has 36 heavy (non-hydrogen) atoms. The quantitative estimate of drug-likeness (QED) is 0.442. The average molecular weight is 497 g/mol. The van der Waals surface area contributed by atoms with Crippen molar-refractivity contribution >= 4 is 17.5 Å². The predicted octanol–water partition coefficient (Wildman–Crippen LogP) is 7.11. The maximum Gasteiger partial charge on any atom is 0.310 e. The number of hydrogen-bond acceptors (Lipinski definition) is 3. The Bertz CT molecular complexity index is 1040. The summed E-state index contributed by atoms with van der Waals surface area (Å²) in [6.45, 7) is 17.7. The topological polar surface area (TPSA) is 71.4 Å². The highest BCUT2D eigenvalue weighted by atomic mass is 16.4. The minimum absolute atomic E-state index is 0.0219. The fourth-order valence-electron chi connectivity index (χ4n) is 11.3. The predicted molar refractivity (Wildman–Crippen MR) is 141 cm³/mol. The third kappa shape index (κ3) is 2.96. The Kier molecular flexibility index (Phi) is 5.66. The number of carboxylic acid groups (broad SMARTS) is 1. The van der Waals surface area contributed by atoms with E-state index in [9.17, 15) is 19.5 Å². The number of ketones is 2. The minimum Gasteiger partial charge on any atom is -0.481 e. The summed E-state index contributed by atoms with van der Waals surface area (Å²) in [5.41, 5.74) is -0.0945. The van der Waals surface area contributed by atoms with E-state index in [0.29, 0.717) is 24.2 Å². The third-order valence-electron chi connectivity index (χ3n) is 13.8. The molecule has 200 valence electrons. The molecule has 0 aliphatic heterocycles. The van der Waals surface area contributed by atoms with E-state index in [4.69, 9.17) is 0 Å². The maximum absolute atomic E-state index is 14.4. The Hall–Kier alpha value is -1.45. The van der Waals surface area contributed by atoms with Gasteiger partial charge in [0, 0.05) is 11.8 Å². The van der Waals surface area contributed by atoms with Crippen LogP contribution in [0.5, 0.6) is 0 Å². The van der Waals surface area contributed by atoms with Crippen molar-refractivity contribution in [2.24, 2.45) is 62.6 Å². The number of carboxylic acids is 1. The highest BCUT2D eigenvalue weighted by Gasteiger charge is 2.72. The van der Waals surface area contributed by atoms with Crippen molar-refractivity contribution in [3.63, 3.8) is 0 Å². The number of Topliss-reactive ketones (excluding diaryl/α,β-unsaturated/α-hetero) is 1. The van der Waals surface area contributed by atoms with Crippen LogP contribution in [0.4, 0.5) is 0 Å². The highest BCUT2D eigenvalue weighted by Crippen LogP contribution is 2.75. The van der Waals surface area contributed by atoms with Gasteiger partial charge in [-0.2, -0.15) is 0 Å². The van der Waals surface area contributed by atoms with Gasteiger partial charge >= 0.3 is 5.97 Å². The van der Waals surface area contributed by atoms with Crippen LogP contribution in [0.15, 0.2) is 11.6 Å². The Labute approximate surface area is 218 Å². The number of rotatable bonds is 2. The summed E-state index contributed by atoms with van der Waals surface area (Å²) in [4.78, 5) is 39.8. The summed E-state index contributed by atoms with van der Waals surface area (Å²) in [6, 6.07) is 0. The zero-order chi connectivity index (χ0) is 26.6. The van der Waals surface area contributed by atoms with Crippen LogP contribution in [0.3, 0.4) is 0 Å². The zero-order valence-corrected chi connectivity index (χ0v) is 23.9. The molecule has 0 saturated heterocycles. The number of carbonyl (C=O) groups excluding carboxylic acids is 2. The third-order valence-corrected chi connectivity index (χ3v) is 13.8. The van der Waals surface area contributed by atoms with Crippen LogP contribution in [0.1, 0.15) is 107 Å². The number of hydrogen-bond donors (Lipinski definition) is 1. The molecule has 4 heteroatoms. The maximum atomic E-state index is 14.4. The van der Waals surface area contributed by atoms with Crippen LogP contribution in [-0.4, -0.2) is 22.6 Å². The molecule has 0 heterocycles. The summed E-state index contributed by atoms with van der Waals surface area (Å²) in [7, 11) is 0. The van der Waals surface area contributed by atoms with Gasteiger partial charge in [0.25, 0.3) is 0 Å². The van der Waals surface area contributed by atoms with E-state index in [1.54, 1.807) is 13.8 Å². The normalized spacial score (nSPS) is 54.3. The Morgan fingerprint density at radius 1 is 0.917 bits per heavy atom. The Morgan fingerprint density at radius 3 is 2.19 bits per heavy atom. The van der Waals surface area contributed by atoms with Crippen molar-refractivity contribution in [1.82, 2.24) is 0 Å². The van der Waals surface area contributed by atoms with E-state index in [1.807, 2.05) is 0 Å². The molecule has 0 aromatic carbocycles. The van der Waals surface area contributed by atoms with E-state index in [0.717, 1.165) is 25.7 Å². The fraction of sp³-hybridized carbons (Fsp3) is 0.844. The minimum atomic E-state index is -1.12. The van der Waals surface area contributed by atoms with Crippen molar-refractivity contribution in [1.29, 1.82) is 0 Å². The number of fused-ring (bicyclic) bond motifs is 7. The van der Waals surface area contributed by atoms with Crippen molar-refractivity contribution in [2.75, 3.05) is 0 Å². The standard InChI is InChI=1S/C32H48O4/c1-18-9-12-28(4)15-16-30(6)22(25(28)19(18)2)17-23(34)26-29(5)13-10-21(20(3)33)32(8,27(35)36)24(29)11-14-31(26,30)7/h17-19,21,24-26H,9-16H2,1-8H3,(H,35,36)/t18-,19+,21+,24-,25-,26-,28-,29+,30-,31-,32+/m1/s1. The van der Waals surface area contributed by atoms with Gasteiger partial charge in [0.05, 0.1) is 5.41 Å². The fourth-order valence-corrected chi connectivity index (χ4v) is 11.3. The van der Waals surface area contributed by atoms with Gasteiger partial charge in [-0.15, -0.1) is 0 Å². The molecule has 4 nitrogen and oxygen atoms in total. The van der Waals surface area contributed by atoms with Crippen molar-refractivity contribution < 1.29 is 19.5 Å². The summed E-state index contributed by atoms with van der Waals surface area (Å²) < 4.78 is 0. The van der Waals surface area contributed by atoms with Crippen molar-refractivity contribution in [2.45, 2.75) is 107 Å². The van der Waals surface area contributed by atoms with E-state index < -0.39 is 22.7 Å². The largest absolute Gasteiger partial charge is 0.481 e. The molecule has 5 aliphatic rings. The van der Waals surface area contributed by atoms with Crippen LogP contribution >= 0.6 is 0 Å². The van der Waals surface area contributed by atoms with Crippen LogP contribution < -0.4 is 0 Å². The lowest BCUT2D eigenvalue weighted by atomic mass is 9.32. The molecule has 0 amide bonds. The lowest BCUT2D eigenvalue weighted by Gasteiger charge is -2.70. The van der Waals surface area contributed by atoms with E-state index in [-0.39, 0.29) is 39.6 Å². The van der Waals surface area contributed by atoms with Gasteiger partial charge in [0.2, 0.25) is 0 Å². The van der Waals surface area contributed by atoms with Gasteiger partial charge in [-0.3, -0.25) is 14.4 Å². The molecule has 0 aromatic heterocycles.